The van der Waals surface area contributed by atoms with Crippen molar-refractivity contribution in [2.24, 2.45) is 0 Å². The van der Waals surface area contributed by atoms with E-state index in [4.69, 9.17) is 5.11 Å². The SMILES string of the molecule is CN(C)S(=O)(=O)NC(C)(C)CO. The number of aliphatic hydroxyl groups is 1. The summed E-state index contributed by atoms with van der Waals surface area (Å²) in [7, 11) is -0.592. The molecule has 0 amide bonds. The Bertz CT molecular complexity index is 233. The van der Waals surface area contributed by atoms with Crippen molar-refractivity contribution in [2.75, 3.05) is 20.7 Å². The number of nitrogens with one attached hydrogen (secondary N) is 1. The van der Waals surface area contributed by atoms with E-state index >= 15 is 0 Å². The predicted octanol–water partition coefficient (Wildman–Crippen LogP) is -0.847. The van der Waals surface area contributed by atoms with Crippen LogP contribution in [0.5, 0.6) is 0 Å². The Morgan fingerprint density at radius 1 is 1.42 bits per heavy atom. The molecule has 0 aliphatic heterocycles. The van der Waals surface area contributed by atoms with Gasteiger partial charge in [0.2, 0.25) is 0 Å². The summed E-state index contributed by atoms with van der Waals surface area (Å²) in [5, 5.41) is 8.79. The van der Waals surface area contributed by atoms with Crippen LogP contribution in [-0.2, 0) is 10.2 Å². The van der Waals surface area contributed by atoms with E-state index in [0.717, 1.165) is 4.31 Å². The fourth-order valence-corrected chi connectivity index (χ4v) is 1.42. The monoisotopic (exact) mass is 196 g/mol. The minimum absolute atomic E-state index is 0.236. The predicted molar refractivity (Wildman–Crippen MR) is 46.9 cm³/mol. The van der Waals surface area contributed by atoms with Crippen LogP contribution >= 0.6 is 0 Å². The fraction of sp³-hybridized carbons (Fsp3) is 1.00. The number of aliphatic hydroxyl groups excluding tert-OH is 1. The summed E-state index contributed by atoms with van der Waals surface area (Å²) in [6.45, 7) is 2.97. The molecule has 0 heterocycles. The van der Waals surface area contributed by atoms with Crippen LogP contribution in [0.15, 0.2) is 0 Å². The number of nitrogens with zero attached hydrogens (tertiary/aromatic N) is 1. The molecule has 5 nitrogen and oxygen atoms in total. The van der Waals surface area contributed by atoms with Crippen molar-refractivity contribution < 1.29 is 13.5 Å². The molecule has 0 radical (unpaired) electrons. The molecule has 0 atom stereocenters. The Balaban J connectivity index is 4.47. The van der Waals surface area contributed by atoms with E-state index in [1.807, 2.05) is 0 Å². The second-order valence-corrected chi connectivity index (χ2v) is 5.32. The molecule has 0 aromatic carbocycles. The van der Waals surface area contributed by atoms with Gasteiger partial charge in [-0.2, -0.15) is 17.4 Å². The zero-order valence-electron chi connectivity index (χ0n) is 7.83. The van der Waals surface area contributed by atoms with Gasteiger partial charge in [-0.05, 0) is 13.8 Å². The minimum atomic E-state index is -3.44. The number of hydrogen-bond donors (Lipinski definition) is 2. The Labute approximate surface area is 73.6 Å². The maximum atomic E-state index is 11.2. The third-order valence-corrected chi connectivity index (χ3v) is 3.05. The average Bonchev–Trinajstić information content (AvgIpc) is 1.85. The van der Waals surface area contributed by atoms with Crippen LogP contribution in [0.25, 0.3) is 0 Å². The summed E-state index contributed by atoms with van der Waals surface area (Å²) in [5.74, 6) is 0. The van der Waals surface area contributed by atoms with E-state index in [1.165, 1.54) is 14.1 Å². The molecular weight excluding hydrogens is 180 g/mol. The minimum Gasteiger partial charge on any atom is -0.394 e. The Morgan fingerprint density at radius 2 is 1.83 bits per heavy atom. The largest absolute Gasteiger partial charge is 0.394 e. The number of rotatable bonds is 4. The summed E-state index contributed by atoms with van der Waals surface area (Å²) < 4.78 is 25.8. The van der Waals surface area contributed by atoms with E-state index in [2.05, 4.69) is 4.72 Å². The molecule has 74 valence electrons. The fourth-order valence-electron chi connectivity index (χ4n) is 0.473. The first-order valence-electron chi connectivity index (χ1n) is 3.53. The second-order valence-electron chi connectivity index (χ2n) is 3.43. The highest BCUT2D eigenvalue weighted by molar-refractivity contribution is 7.87. The summed E-state index contributed by atoms with van der Waals surface area (Å²) >= 11 is 0. The molecule has 0 saturated heterocycles. The lowest BCUT2D eigenvalue weighted by Gasteiger charge is -2.25. The van der Waals surface area contributed by atoms with Crippen LogP contribution in [0.4, 0.5) is 0 Å². The van der Waals surface area contributed by atoms with Gasteiger partial charge in [0.15, 0.2) is 0 Å². The average molecular weight is 196 g/mol. The first-order chi connectivity index (χ1) is 5.21. The first kappa shape index (κ1) is 11.8. The first-order valence-corrected chi connectivity index (χ1v) is 4.97. The van der Waals surface area contributed by atoms with Gasteiger partial charge in [-0.25, -0.2) is 0 Å². The highest BCUT2D eigenvalue weighted by atomic mass is 32.2. The Morgan fingerprint density at radius 3 is 2.08 bits per heavy atom. The molecule has 0 saturated carbocycles. The van der Waals surface area contributed by atoms with Gasteiger partial charge in [-0.1, -0.05) is 0 Å². The smallest absolute Gasteiger partial charge is 0.279 e. The second kappa shape index (κ2) is 3.69. The molecule has 0 rings (SSSR count). The van der Waals surface area contributed by atoms with Gasteiger partial charge in [0.1, 0.15) is 0 Å². The van der Waals surface area contributed by atoms with Crippen molar-refractivity contribution in [3.63, 3.8) is 0 Å². The Hall–Kier alpha value is -0.170. The van der Waals surface area contributed by atoms with Crippen LogP contribution in [-0.4, -0.2) is 44.1 Å². The summed E-state index contributed by atoms with van der Waals surface area (Å²) in [6, 6.07) is 0. The van der Waals surface area contributed by atoms with E-state index < -0.39 is 15.7 Å². The molecule has 0 bridgehead atoms. The lowest BCUT2D eigenvalue weighted by atomic mass is 10.1. The normalized spacial score (nSPS) is 13.8. The molecule has 0 aliphatic rings. The summed E-state index contributed by atoms with van der Waals surface area (Å²) in [4.78, 5) is 0. The van der Waals surface area contributed by atoms with Gasteiger partial charge in [-0.3, -0.25) is 0 Å². The van der Waals surface area contributed by atoms with Crippen molar-refractivity contribution in [3.05, 3.63) is 0 Å². The molecule has 12 heavy (non-hydrogen) atoms. The quantitative estimate of drug-likeness (QED) is 0.615. The van der Waals surface area contributed by atoms with Crippen LogP contribution in [0.3, 0.4) is 0 Å². The zero-order valence-corrected chi connectivity index (χ0v) is 8.64. The molecule has 0 spiro atoms. The van der Waals surface area contributed by atoms with Crippen molar-refractivity contribution in [3.8, 4) is 0 Å². The standard InChI is InChI=1S/C6H16N2O3S/c1-6(2,5-9)7-12(10,11)8(3)4/h7,9H,5H2,1-4H3. The van der Waals surface area contributed by atoms with Gasteiger partial charge in [-0.15, -0.1) is 0 Å². The van der Waals surface area contributed by atoms with Gasteiger partial charge >= 0.3 is 0 Å². The van der Waals surface area contributed by atoms with Crippen molar-refractivity contribution in [1.82, 2.24) is 9.03 Å². The zero-order chi connectivity index (χ0) is 9.99. The van der Waals surface area contributed by atoms with Gasteiger partial charge in [0.25, 0.3) is 10.2 Å². The van der Waals surface area contributed by atoms with Gasteiger partial charge in [0.05, 0.1) is 12.1 Å². The van der Waals surface area contributed by atoms with Crippen LogP contribution in [0.2, 0.25) is 0 Å². The van der Waals surface area contributed by atoms with Crippen LogP contribution in [0.1, 0.15) is 13.8 Å². The van der Waals surface area contributed by atoms with E-state index in [-0.39, 0.29) is 6.61 Å². The third kappa shape index (κ3) is 3.48. The molecule has 6 heteroatoms. The van der Waals surface area contributed by atoms with Crippen LogP contribution in [0, 0.1) is 0 Å². The lowest BCUT2D eigenvalue weighted by molar-refractivity contribution is 0.206. The van der Waals surface area contributed by atoms with E-state index in [0.29, 0.717) is 0 Å². The van der Waals surface area contributed by atoms with E-state index in [9.17, 15) is 8.42 Å². The third-order valence-electron chi connectivity index (χ3n) is 1.28. The topological polar surface area (TPSA) is 69.6 Å². The maximum absolute atomic E-state index is 11.2. The molecular formula is C6H16N2O3S. The van der Waals surface area contributed by atoms with Crippen molar-refractivity contribution >= 4 is 10.2 Å². The summed E-state index contributed by atoms with van der Waals surface area (Å²) in [5.41, 5.74) is -0.816. The molecule has 0 aromatic rings. The van der Waals surface area contributed by atoms with Gasteiger partial charge in [0, 0.05) is 14.1 Å². The van der Waals surface area contributed by atoms with Crippen LogP contribution < -0.4 is 4.72 Å². The van der Waals surface area contributed by atoms with Crippen molar-refractivity contribution in [2.45, 2.75) is 19.4 Å². The molecule has 2 N–H and O–H groups in total. The lowest BCUT2D eigenvalue weighted by Crippen LogP contribution is -2.50. The summed E-state index contributed by atoms with van der Waals surface area (Å²) in [6.07, 6.45) is 0. The highest BCUT2D eigenvalue weighted by Crippen LogP contribution is 2.03. The van der Waals surface area contributed by atoms with E-state index in [1.54, 1.807) is 13.8 Å². The maximum Gasteiger partial charge on any atom is 0.279 e. The molecule has 0 aliphatic carbocycles. The molecule has 0 unspecified atom stereocenters. The van der Waals surface area contributed by atoms with Gasteiger partial charge < -0.3 is 5.11 Å². The van der Waals surface area contributed by atoms with Crippen molar-refractivity contribution in [1.29, 1.82) is 0 Å². The molecule has 0 aromatic heterocycles. The Kier molecular flexibility index (Phi) is 3.64. The highest BCUT2D eigenvalue weighted by Gasteiger charge is 2.25. The number of hydrogen-bond acceptors (Lipinski definition) is 3. The molecule has 0 fully saturated rings.